The molecule has 23 heavy (non-hydrogen) atoms. The highest BCUT2D eigenvalue weighted by molar-refractivity contribution is 5.99. The van der Waals surface area contributed by atoms with E-state index < -0.39 is 24.5 Å². The standard InChI is InChI=1S/C15H21N3O5/c1-10(2)17-15(22)18-13(20)9-23-14(21)11-5-3-4-6-12(11)16-7-8-19/h3-6,10,16,19H,7-9H2,1-2H3,(H2,17,18,20,22). The molecule has 0 saturated heterocycles. The fourth-order valence-electron chi connectivity index (χ4n) is 1.68. The zero-order valence-corrected chi connectivity index (χ0v) is 13.1. The van der Waals surface area contributed by atoms with Crippen LogP contribution in [0.15, 0.2) is 24.3 Å². The summed E-state index contributed by atoms with van der Waals surface area (Å²) in [6.07, 6.45) is 0. The van der Waals surface area contributed by atoms with Crippen molar-refractivity contribution < 1.29 is 24.2 Å². The zero-order valence-electron chi connectivity index (χ0n) is 13.1. The predicted octanol–water partition coefficient (Wildman–Crippen LogP) is 0.482. The number of ether oxygens (including phenoxy) is 1. The topological polar surface area (TPSA) is 117 Å². The second-order valence-electron chi connectivity index (χ2n) is 4.95. The highest BCUT2D eigenvalue weighted by atomic mass is 16.5. The Morgan fingerprint density at radius 3 is 2.57 bits per heavy atom. The summed E-state index contributed by atoms with van der Waals surface area (Å²) < 4.78 is 4.88. The van der Waals surface area contributed by atoms with Crippen molar-refractivity contribution in [3.05, 3.63) is 29.8 Å². The van der Waals surface area contributed by atoms with Gasteiger partial charge in [-0.1, -0.05) is 12.1 Å². The molecule has 8 nitrogen and oxygen atoms in total. The van der Waals surface area contributed by atoms with Crippen molar-refractivity contribution in [1.29, 1.82) is 0 Å². The van der Waals surface area contributed by atoms with Gasteiger partial charge in [-0.05, 0) is 26.0 Å². The maximum absolute atomic E-state index is 12.0. The average molecular weight is 323 g/mol. The number of hydrogen-bond donors (Lipinski definition) is 4. The number of imide groups is 1. The van der Waals surface area contributed by atoms with E-state index in [9.17, 15) is 14.4 Å². The number of rotatable bonds is 7. The largest absolute Gasteiger partial charge is 0.452 e. The van der Waals surface area contributed by atoms with Gasteiger partial charge in [0.2, 0.25) is 0 Å². The van der Waals surface area contributed by atoms with Crippen LogP contribution in [-0.4, -0.2) is 48.8 Å². The molecular formula is C15H21N3O5. The number of amides is 3. The lowest BCUT2D eigenvalue weighted by molar-refractivity contribution is -0.123. The third kappa shape index (κ3) is 6.79. The monoisotopic (exact) mass is 323 g/mol. The quantitative estimate of drug-likeness (QED) is 0.542. The number of aliphatic hydroxyl groups excluding tert-OH is 1. The summed E-state index contributed by atoms with van der Waals surface area (Å²) in [6.45, 7) is 3.12. The Bertz CT molecular complexity index is 560. The normalized spacial score (nSPS) is 10.1. The SMILES string of the molecule is CC(C)NC(=O)NC(=O)COC(=O)c1ccccc1NCCO. The number of aliphatic hydroxyl groups is 1. The van der Waals surface area contributed by atoms with E-state index in [1.807, 2.05) is 0 Å². The second-order valence-corrected chi connectivity index (χ2v) is 4.95. The molecule has 0 aliphatic carbocycles. The third-order valence-electron chi connectivity index (χ3n) is 2.58. The highest BCUT2D eigenvalue weighted by Gasteiger charge is 2.15. The van der Waals surface area contributed by atoms with Crippen LogP contribution >= 0.6 is 0 Å². The minimum Gasteiger partial charge on any atom is -0.452 e. The van der Waals surface area contributed by atoms with Gasteiger partial charge in [0, 0.05) is 18.3 Å². The Labute approximate surface area is 134 Å². The van der Waals surface area contributed by atoms with E-state index in [1.165, 1.54) is 6.07 Å². The van der Waals surface area contributed by atoms with Crippen molar-refractivity contribution in [2.75, 3.05) is 25.1 Å². The first-order valence-electron chi connectivity index (χ1n) is 7.15. The summed E-state index contributed by atoms with van der Waals surface area (Å²) in [5.74, 6) is -1.43. The molecule has 1 aromatic carbocycles. The van der Waals surface area contributed by atoms with Gasteiger partial charge in [0.25, 0.3) is 5.91 Å². The Morgan fingerprint density at radius 2 is 1.91 bits per heavy atom. The van der Waals surface area contributed by atoms with E-state index in [0.29, 0.717) is 5.69 Å². The van der Waals surface area contributed by atoms with Crippen LogP contribution in [0.2, 0.25) is 0 Å². The highest BCUT2D eigenvalue weighted by Crippen LogP contribution is 2.15. The van der Waals surface area contributed by atoms with E-state index in [1.54, 1.807) is 32.0 Å². The van der Waals surface area contributed by atoms with E-state index in [2.05, 4.69) is 16.0 Å². The van der Waals surface area contributed by atoms with Gasteiger partial charge in [0.1, 0.15) is 0 Å². The minimum absolute atomic E-state index is 0.0866. The third-order valence-corrected chi connectivity index (χ3v) is 2.58. The molecule has 0 aliphatic heterocycles. The molecule has 8 heteroatoms. The van der Waals surface area contributed by atoms with Crippen LogP contribution in [0.3, 0.4) is 0 Å². The van der Waals surface area contributed by atoms with Gasteiger partial charge in [-0.25, -0.2) is 9.59 Å². The van der Waals surface area contributed by atoms with Crippen LogP contribution in [0.25, 0.3) is 0 Å². The lowest BCUT2D eigenvalue weighted by atomic mass is 10.2. The first-order chi connectivity index (χ1) is 10.9. The number of urea groups is 1. The molecule has 0 bridgehead atoms. The van der Waals surface area contributed by atoms with E-state index in [4.69, 9.17) is 9.84 Å². The number of benzene rings is 1. The summed E-state index contributed by atoms with van der Waals surface area (Å²) in [7, 11) is 0. The van der Waals surface area contributed by atoms with Gasteiger partial charge < -0.3 is 20.5 Å². The molecule has 0 atom stereocenters. The number of carbonyl (C=O) groups excluding carboxylic acids is 3. The number of para-hydroxylation sites is 1. The molecule has 1 aromatic rings. The van der Waals surface area contributed by atoms with Crippen molar-refractivity contribution in [1.82, 2.24) is 10.6 Å². The van der Waals surface area contributed by atoms with Crippen LogP contribution in [0, 0.1) is 0 Å². The molecule has 4 N–H and O–H groups in total. The molecule has 1 rings (SSSR count). The summed E-state index contributed by atoms with van der Waals surface area (Å²) in [6, 6.07) is 5.80. The van der Waals surface area contributed by atoms with E-state index in [-0.39, 0.29) is 24.8 Å². The Kier molecular flexibility index (Phi) is 7.55. The lowest BCUT2D eigenvalue weighted by Crippen LogP contribution is -2.44. The summed E-state index contributed by atoms with van der Waals surface area (Å²) in [4.78, 5) is 34.9. The second kappa shape index (κ2) is 9.42. The Morgan fingerprint density at radius 1 is 1.22 bits per heavy atom. The van der Waals surface area contributed by atoms with Crippen LogP contribution in [-0.2, 0) is 9.53 Å². The van der Waals surface area contributed by atoms with Crippen LogP contribution in [0.4, 0.5) is 10.5 Å². The number of carbonyl (C=O) groups is 3. The molecule has 0 heterocycles. The summed E-state index contributed by atoms with van der Waals surface area (Å²) in [5.41, 5.74) is 0.727. The summed E-state index contributed by atoms with van der Waals surface area (Å²) in [5, 5.41) is 16.2. The van der Waals surface area contributed by atoms with Gasteiger partial charge in [-0.3, -0.25) is 10.1 Å². The van der Waals surface area contributed by atoms with Gasteiger partial charge in [0.05, 0.1) is 12.2 Å². The smallest absolute Gasteiger partial charge is 0.340 e. The number of hydrogen-bond acceptors (Lipinski definition) is 6. The first kappa shape index (κ1) is 18.4. The average Bonchev–Trinajstić information content (AvgIpc) is 2.50. The molecule has 0 unspecified atom stereocenters. The molecular weight excluding hydrogens is 302 g/mol. The predicted molar refractivity (Wildman–Crippen MR) is 84.1 cm³/mol. The van der Waals surface area contributed by atoms with Gasteiger partial charge >= 0.3 is 12.0 Å². The fourth-order valence-corrected chi connectivity index (χ4v) is 1.68. The number of nitrogens with one attached hydrogen (secondary N) is 3. The van der Waals surface area contributed by atoms with Crippen molar-refractivity contribution >= 4 is 23.6 Å². The zero-order chi connectivity index (χ0) is 17.2. The first-order valence-corrected chi connectivity index (χ1v) is 7.15. The van der Waals surface area contributed by atoms with Crippen LogP contribution < -0.4 is 16.0 Å². The molecule has 3 amide bonds. The fraction of sp³-hybridized carbons (Fsp3) is 0.400. The Hall–Kier alpha value is -2.61. The lowest BCUT2D eigenvalue weighted by Gasteiger charge is -2.11. The minimum atomic E-state index is -0.725. The molecule has 0 spiro atoms. The van der Waals surface area contributed by atoms with Gasteiger partial charge in [0.15, 0.2) is 6.61 Å². The Balaban J connectivity index is 2.53. The summed E-state index contributed by atoms with van der Waals surface area (Å²) >= 11 is 0. The van der Waals surface area contributed by atoms with Crippen molar-refractivity contribution in [2.45, 2.75) is 19.9 Å². The van der Waals surface area contributed by atoms with Gasteiger partial charge in [-0.2, -0.15) is 0 Å². The van der Waals surface area contributed by atoms with E-state index >= 15 is 0 Å². The molecule has 126 valence electrons. The van der Waals surface area contributed by atoms with Crippen molar-refractivity contribution in [3.63, 3.8) is 0 Å². The molecule has 0 aromatic heterocycles. The number of anilines is 1. The maximum Gasteiger partial charge on any atom is 0.340 e. The molecule has 0 aliphatic rings. The number of esters is 1. The molecule has 0 radical (unpaired) electrons. The van der Waals surface area contributed by atoms with Crippen molar-refractivity contribution in [3.8, 4) is 0 Å². The van der Waals surface area contributed by atoms with Gasteiger partial charge in [-0.15, -0.1) is 0 Å². The van der Waals surface area contributed by atoms with Crippen molar-refractivity contribution in [2.24, 2.45) is 0 Å². The maximum atomic E-state index is 12.0. The molecule has 0 saturated carbocycles. The molecule has 0 fully saturated rings. The van der Waals surface area contributed by atoms with Crippen LogP contribution in [0.5, 0.6) is 0 Å². The van der Waals surface area contributed by atoms with E-state index in [0.717, 1.165) is 0 Å². The van der Waals surface area contributed by atoms with Crippen LogP contribution in [0.1, 0.15) is 24.2 Å².